The molecule has 3 aromatic rings. The number of amides is 1. The number of pyridine rings is 1. The zero-order valence-corrected chi connectivity index (χ0v) is 18.0. The van der Waals surface area contributed by atoms with Crippen molar-refractivity contribution >= 4 is 34.4 Å². The Balaban J connectivity index is 1.86. The van der Waals surface area contributed by atoms with Gasteiger partial charge in [0, 0.05) is 37.1 Å². The number of benzene rings is 1. The fourth-order valence-corrected chi connectivity index (χ4v) is 4.02. The zero-order valence-electron chi connectivity index (χ0n) is 17.3. The van der Waals surface area contributed by atoms with Crippen LogP contribution >= 0.6 is 11.6 Å². The van der Waals surface area contributed by atoms with Gasteiger partial charge in [0.05, 0.1) is 10.7 Å². The highest BCUT2D eigenvalue weighted by molar-refractivity contribution is 6.32. The molecule has 0 radical (unpaired) electrons. The fraction of sp³-hybridized carbons (Fsp3) is 0.364. The number of hydrogen-bond acceptors (Lipinski definition) is 5. The average molecular weight is 426 g/mol. The van der Waals surface area contributed by atoms with Crippen LogP contribution < -0.4 is 4.90 Å². The molecule has 30 heavy (non-hydrogen) atoms. The number of fused-ring (bicyclic) bond motifs is 1. The van der Waals surface area contributed by atoms with Crippen molar-refractivity contribution in [2.45, 2.75) is 26.7 Å². The smallest absolute Gasteiger partial charge is 0.407 e. The highest BCUT2D eigenvalue weighted by atomic mass is 35.5. The molecular weight excluding hydrogens is 402 g/mol. The molecule has 1 amide bonds. The van der Waals surface area contributed by atoms with Gasteiger partial charge in [-0.15, -0.1) is 10.2 Å². The van der Waals surface area contributed by atoms with Crippen molar-refractivity contribution in [3.63, 3.8) is 0 Å². The van der Waals surface area contributed by atoms with Crippen LogP contribution in [-0.4, -0.2) is 57.5 Å². The molecule has 8 heteroatoms. The van der Waals surface area contributed by atoms with E-state index in [4.69, 9.17) is 16.6 Å². The molecule has 0 atom stereocenters. The molecule has 1 aliphatic rings. The Kier molecular flexibility index (Phi) is 5.47. The number of nitrogens with zero attached hydrogens (tertiary/aromatic N) is 5. The lowest BCUT2D eigenvalue weighted by molar-refractivity contribution is 0.142. The van der Waals surface area contributed by atoms with Crippen molar-refractivity contribution in [3.05, 3.63) is 46.6 Å². The van der Waals surface area contributed by atoms with Crippen LogP contribution in [0.25, 0.3) is 22.2 Å². The summed E-state index contributed by atoms with van der Waals surface area (Å²) in [5.74, 6) is 0.997. The van der Waals surface area contributed by atoms with Crippen LogP contribution in [0.5, 0.6) is 0 Å². The number of aromatic nitrogens is 3. The highest BCUT2D eigenvalue weighted by Crippen LogP contribution is 2.36. The van der Waals surface area contributed by atoms with Crippen molar-refractivity contribution in [3.8, 4) is 11.3 Å². The Morgan fingerprint density at radius 3 is 2.50 bits per heavy atom. The third-order valence-corrected chi connectivity index (χ3v) is 5.93. The molecule has 2 aromatic heterocycles. The Bertz CT molecular complexity index is 1110. The Morgan fingerprint density at radius 2 is 1.83 bits per heavy atom. The number of rotatable bonds is 3. The minimum absolute atomic E-state index is 0.329. The summed E-state index contributed by atoms with van der Waals surface area (Å²) in [5.41, 5.74) is 4.44. The topological polar surface area (TPSA) is 82.5 Å². The molecule has 1 fully saturated rings. The number of anilines is 1. The Hall–Kier alpha value is -2.93. The van der Waals surface area contributed by atoms with Gasteiger partial charge in [-0.25, -0.2) is 9.78 Å². The molecule has 156 valence electrons. The summed E-state index contributed by atoms with van der Waals surface area (Å²) < 4.78 is 0. The van der Waals surface area contributed by atoms with E-state index in [1.54, 1.807) is 0 Å². The average Bonchev–Trinajstić information content (AvgIpc) is 2.74. The minimum atomic E-state index is -0.896. The monoisotopic (exact) mass is 425 g/mol. The second-order valence-electron chi connectivity index (χ2n) is 7.82. The van der Waals surface area contributed by atoms with E-state index in [-0.39, 0.29) is 0 Å². The van der Waals surface area contributed by atoms with Gasteiger partial charge in [-0.3, -0.25) is 0 Å². The van der Waals surface area contributed by atoms with Gasteiger partial charge in [0.15, 0.2) is 5.82 Å². The molecule has 1 saturated heterocycles. The summed E-state index contributed by atoms with van der Waals surface area (Å²) in [6, 6.07) is 10.1. The predicted octanol–water partition coefficient (Wildman–Crippen LogP) is 4.58. The summed E-state index contributed by atoms with van der Waals surface area (Å²) in [7, 11) is 0. The van der Waals surface area contributed by atoms with Crippen LogP contribution in [-0.2, 0) is 0 Å². The Morgan fingerprint density at radius 1 is 1.13 bits per heavy atom. The molecular formula is C22H24ClN5O2. The lowest BCUT2D eigenvalue weighted by Gasteiger charge is -2.34. The maximum atomic E-state index is 11.2. The second-order valence-corrected chi connectivity index (χ2v) is 8.23. The summed E-state index contributed by atoms with van der Waals surface area (Å²) in [4.78, 5) is 19.5. The maximum Gasteiger partial charge on any atom is 0.407 e. The van der Waals surface area contributed by atoms with E-state index in [9.17, 15) is 9.90 Å². The maximum absolute atomic E-state index is 11.2. The standard InChI is InChI=1S/C22H24ClN5O2/c1-13(2)15-6-4-5-7-16(15)19-17-12-18(23)14(3)24-20(17)21(26-25-19)27-8-10-28(11-9-27)22(29)30/h4-7,12-13H,8-11H2,1-3H3,(H,29,30). The molecule has 3 heterocycles. The van der Waals surface area contributed by atoms with Gasteiger partial charge in [-0.2, -0.15) is 0 Å². The van der Waals surface area contributed by atoms with Crippen LogP contribution in [0, 0.1) is 6.92 Å². The lowest BCUT2D eigenvalue weighted by Crippen LogP contribution is -2.48. The van der Waals surface area contributed by atoms with Gasteiger partial charge in [0.1, 0.15) is 11.2 Å². The lowest BCUT2D eigenvalue weighted by atomic mass is 9.94. The van der Waals surface area contributed by atoms with Gasteiger partial charge in [-0.1, -0.05) is 49.7 Å². The van der Waals surface area contributed by atoms with Gasteiger partial charge < -0.3 is 14.9 Å². The minimum Gasteiger partial charge on any atom is -0.465 e. The van der Waals surface area contributed by atoms with Crippen molar-refractivity contribution in [1.82, 2.24) is 20.1 Å². The third-order valence-electron chi connectivity index (χ3n) is 5.55. The molecule has 0 saturated carbocycles. The van der Waals surface area contributed by atoms with Crippen LogP contribution in [0.15, 0.2) is 30.3 Å². The third kappa shape index (κ3) is 3.65. The first-order valence-electron chi connectivity index (χ1n) is 10.0. The largest absolute Gasteiger partial charge is 0.465 e. The SMILES string of the molecule is Cc1nc2c(N3CCN(C(=O)O)CC3)nnc(-c3ccccc3C(C)C)c2cc1Cl. The van der Waals surface area contributed by atoms with Crippen LogP contribution in [0.2, 0.25) is 5.02 Å². The summed E-state index contributed by atoms with van der Waals surface area (Å²) in [6.07, 6.45) is -0.896. The fourth-order valence-electron chi connectivity index (χ4n) is 3.87. The van der Waals surface area contributed by atoms with E-state index in [1.807, 2.05) is 30.0 Å². The normalized spacial score (nSPS) is 14.6. The van der Waals surface area contributed by atoms with E-state index in [1.165, 1.54) is 10.5 Å². The summed E-state index contributed by atoms with van der Waals surface area (Å²) >= 11 is 6.45. The molecule has 7 nitrogen and oxygen atoms in total. The first kappa shape index (κ1) is 20.3. The quantitative estimate of drug-likeness (QED) is 0.661. The molecule has 4 rings (SSSR count). The van der Waals surface area contributed by atoms with Crippen molar-refractivity contribution in [2.75, 3.05) is 31.1 Å². The number of carboxylic acid groups (broad SMARTS) is 1. The van der Waals surface area contributed by atoms with Crippen LogP contribution in [0.1, 0.15) is 31.0 Å². The van der Waals surface area contributed by atoms with E-state index in [2.05, 4.69) is 36.2 Å². The summed E-state index contributed by atoms with van der Waals surface area (Å²) in [5, 5.41) is 19.8. The highest BCUT2D eigenvalue weighted by Gasteiger charge is 2.25. The Labute approximate surface area is 180 Å². The zero-order chi connectivity index (χ0) is 21.4. The van der Waals surface area contributed by atoms with Crippen molar-refractivity contribution < 1.29 is 9.90 Å². The van der Waals surface area contributed by atoms with Gasteiger partial charge in [0.2, 0.25) is 0 Å². The van der Waals surface area contributed by atoms with E-state index in [0.29, 0.717) is 42.9 Å². The first-order chi connectivity index (χ1) is 14.4. The van der Waals surface area contributed by atoms with Crippen LogP contribution in [0.3, 0.4) is 0 Å². The van der Waals surface area contributed by atoms with Gasteiger partial charge in [0.25, 0.3) is 0 Å². The number of halogens is 1. The number of piperazine rings is 1. The molecule has 0 unspecified atom stereocenters. The van der Waals surface area contributed by atoms with E-state index >= 15 is 0 Å². The van der Waals surface area contributed by atoms with E-state index < -0.39 is 6.09 Å². The van der Waals surface area contributed by atoms with E-state index in [0.717, 1.165) is 27.9 Å². The molecule has 1 N–H and O–H groups in total. The second kappa shape index (κ2) is 8.07. The predicted molar refractivity (Wildman–Crippen MR) is 118 cm³/mol. The first-order valence-corrected chi connectivity index (χ1v) is 10.4. The van der Waals surface area contributed by atoms with Gasteiger partial charge in [-0.05, 0) is 24.5 Å². The van der Waals surface area contributed by atoms with Gasteiger partial charge >= 0.3 is 6.09 Å². The van der Waals surface area contributed by atoms with Crippen molar-refractivity contribution in [1.29, 1.82) is 0 Å². The molecule has 0 bridgehead atoms. The number of hydrogen-bond donors (Lipinski definition) is 1. The molecule has 1 aromatic carbocycles. The molecule has 1 aliphatic heterocycles. The molecule has 0 spiro atoms. The summed E-state index contributed by atoms with van der Waals surface area (Å²) in [6.45, 7) is 8.10. The van der Waals surface area contributed by atoms with Crippen LogP contribution in [0.4, 0.5) is 10.6 Å². The van der Waals surface area contributed by atoms with Crippen molar-refractivity contribution in [2.24, 2.45) is 0 Å². The molecule has 0 aliphatic carbocycles. The number of carbonyl (C=O) groups is 1. The number of aryl methyl sites for hydroxylation is 1.